The van der Waals surface area contributed by atoms with E-state index in [1.807, 2.05) is 24.4 Å². The van der Waals surface area contributed by atoms with Crippen LogP contribution in [0.2, 0.25) is 0 Å². The fourth-order valence-electron chi connectivity index (χ4n) is 2.51. The van der Waals surface area contributed by atoms with Crippen molar-refractivity contribution < 1.29 is 14.6 Å². The molecule has 0 saturated carbocycles. The molecule has 120 valence electrons. The number of methoxy groups -OCH3 is 1. The Bertz CT molecular complexity index is 637. The van der Waals surface area contributed by atoms with E-state index >= 15 is 0 Å². The summed E-state index contributed by atoms with van der Waals surface area (Å²) in [7, 11) is 3.31. The number of aromatic amines is 1. The Morgan fingerprint density at radius 1 is 1.50 bits per heavy atom. The topological polar surface area (TPSA) is 77.6 Å². The molecule has 2 aromatic rings. The number of aromatic nitrogens is 1. The molecule has 1 aromatic heterocycles. The Hall–Kier alpha value is -2.21. The minimum atomic E-state index is -0.534. The van der Waals surface area contributed by atoms with Crippen LogP contribution in [0.1, 0.15) is 12.5 Å². The molecule has 1 heterocycles. The first-order chi connectivity index (χ1) is 10.5. The number of rotatable bonds is 6. The van der Waals surface area contributed by atoms with Crippen molar-refractivity contribution in [1.82, 2.24) is 15.2 Å². The zero-order valence-corrected chi connectivity index (χ0v) is 13.2. The molecule has 1 atom stereocenters. The lowest BCUT2D eigenvalue weighted by molar-refractivity contribution is 0.144. The lowest BCUT2D eigenvalue weighted by Crippen LogP contribution is -2.41. The molecule has 2 amide bonds. The van der Waals surface area contributed by atoms with Gasteiger partial charge in [0.2, 0.25) is 0 Å². The smallest absolute Gasteiger partial charge is 0.317 e. The van der Waals surface area contributed by atoms with Crippen LogP contribution in [0.4, 0.5) is 4.79 Å². The number of carbonyl (C=O) groups excluding carboxylic acids is 1. The highest BCUT2D eigenvalue weighted by atomic mass is 16.5. The molecule has 0 saturated heterocycles. The molecule has 2 rings (SSSR count). The number of carbonyl (C=O) groups is 1. The van der Waals surface area contributed by atoms with Crippen LogP contribution in [0.3, 0.4) is 0 Å². The quantitative estimate of drug-likeness (QED) is 0.761. The maximum Gasteiger partial charge on any atom is 0.317 e. The van der Waals surface area contributed by atoms with E-state index in [9.17, 15) is 9.90 Å². The summed E-state index contributed by atoms with van der Waals surface area (Å²) in [6.07, 6.45) is 2.11. The normalized spacial score (nSPS) is 12.2. The fraction of sp³-hybridized carbons (Fsp3) is 0.438. The summed E-state index contributed by atoms with van der Waals surface area (Å²) in [5, 5.41) is 13.2. The highest BCUT2D eigenvalue weighted by Crippen LogP contribution is 2.28. The molecule has 22 heavy (non-hydrogen) atoms. The first kappa shape index (κ1) is 16.2. The zero-order valence-electron chi connectivity index (χ0n) is 13.2. The number of benzene rings is 1. The van der Waals surface area contributed by atoms with Crippen LogP contribution >= 0.6 is 0 Å². The molecule has 0 bridgehead atoms. The molecular formula is C16H23N3O3. The third-order valence-electron chi connectivity index (χ3n) is 3.52. The summed E-state index contributed by atoms with van der Waals surface area (Å²) in [4.78, 5) is 16.6. The summed E-state index contributed by atoms with van der Waals surface area (Å²) < 4.78 is 5.39. The lowest BCUT2D eigenvalue weighted by Gasteiger charge is -2.19. The third kappa shape index (κ3) is 3.71. The van der Waals surface area contributed by atoms with Crippen molar-refractivity contribution in [1.29, 1.82) is 0 Å². The first-order valence-electron chi connectivity index (χ1n) is 7.33. The average molecular weight is 305 g/mol. The number of nitrogens with zero attached hydrogens (tertiary/aromatic N) is 1. The van der Waals surface area contributed by atoms with Gasteiger partial charge in [0.05, 0.1) is 13.2 Å². The second-order valence-corrected chi connectivity index (χ2v) is 5.41. The van der Waals surface area contributed by atoms with Crippen LogP contribution in [0.5, 0.6) is 5.75 Å². The van der Waals surface area contributed by atoms with Crippen LogP contribution in [-0.4, -0.2) is 54.4 Å². The predicted molar refractivity (Wildman–Crippen MR) is 86.3 cm³/mol. The van der Waals surface area contributed by atoms with Crippen molar-refractivity contribution in [2.24, 2.45) is 0 Å². The maximum atomic E-state index is 11.9. The zero-order chi connectivity index (χ0) is 16.1. The summed E-state index contributed by atoms with van der Waals surface area (Å²) in [6.45, 7) is 2.49. The second kappa shape index (κ2) is 7.17. The molecule has 1 aromatic carbocycles. The number of nitrogens with one attached hydrogen (secondary N) is 2. The van der Waals surface area contributed by atoms with E-state index in [0.717, 1.165) is 22.2 Å². The van der Waals surface area contributed by atoms with E-state index in [0.29, 0.717) is 19.5 Å². The molecule has 0 aliphatic rings. The molecular weight excluding hydrogens is 282 g/mol. The van der Waals surface area contributed by atoms with Gasteiger partial charge in [-0.15, -0.1) is 0 Å². The van der Waals surface area contributed by atoms with Crippen LogP contribution < -0.4 is 10.1 Å². The highest BCUT2D eigenvalue weighted by molar-refractivity contribution is 5.89. The van der Waals surface area contributed by atoms with Crippen molar-refractivity contribution in [2.45, 2.75) is 19.4 Å². The van der Waals surface area contributed by atoms with Gasteiger partial charge in [-0.2, -0.15) is 0 Å². The third-order valence-corrected chi connectivity index (χ3v) is 3.52. The first-order valence-corrected chi connectivity index (χ1v) is 7.33. The molecule has 0 radical (unpaired) electrons. The minimum Gasteiger partial charge on any atom is -0.496 e. The van der Waals surface area contributed by atoms with Crippen molar-refractivity contribution in [3.8, 4) is 5.75 Å². The molecule has 6 heteroatoms. The van der Waals surface area contributed by atoms with Gasteiger partial charge >= 0.3 is 6.03 Å². The molecule has 0 spiro atoms. The van der Waals surface area contributed by atoms with E-state index in [1.54, 1.807) is 21.1 Å². The van der Waals surface area contributed by atoms with Gasteiger partial charge in [-0.05, 0) is 31.0 Å². The molecule has 6 nitrogen and oxygen atoms in total. The van der Waals surface area contributed by atoms with Gasteiger partial charge in [-0.25, -0.2) is 4.79 Å². The summed E-state index contributed by atoms with van der Waals surface area (Å²) >= 11 is 0. The fourth-order valence-corrected chi connectivity index (χ4v) is 2.51. The summed E-state index contributed by atoms with van der Waals surface area (Å²) in [6, 6.07) is 5.67. The van der Waals surface area contributed by atoms with Crippen molar-refractivity contribution >= 4 is 16.9 Å². The van der Waals surface area contributed by atoms with E-state index in [4.69, 9.17) is 4.74 Å². The summed E-state index contributed by atoms with van der Waals surface area (Å²) in [5.41, 5.74) is 2.12. The van der Waals surface area contributed by atoms with E-state index in [2.05, 4.69) is 10.3 Å². The lowest BCUT2D eigenvalue weighted by atomic mass is 10.1. The van der Waals surface area contributed by atoms with Crippen molar-refractivity contribution in [3.63, 3.8) is 0 Å². The maximum absolute atomic E-state index is 11.9. The van der Waals surface area contributed by atoms with Crippen molar-refractivity contribution in [3.05, 3.63) is 30.0 Å². The second-order valence-electron chi connectivity index (χ2n) is 5.41. The van der Waals surface area contributed by atoms with Gasteiger partial charge in [0.15, 0.2) is 0 Å². The van der Waals surface area contributed by atoms with E-state index < -0.39 is 6.10 Å². The molecule has 3 N–H and O–H groups in total. The number of fused-ring (bicyclic) bond motifs is 1. The molecule has 0 aliphatic heterocycles. The van der Waals surface area contributed by atoms with Gasteiger partial charge in [0, 0.05) is 37.2 Å². The Kier molecular flexibility index (Phi) is 5.27. The standard InChI is InChI=1S/C16H23N3O3/c1-11(20)10-19(2)16(21)17-8-7-12-9-18-13-5-4-6-14(22-3)15(12)13/h4-6,9,11,18,20H,7-8,10H2,1-3H3,(H,17,21). The van der Waals surface area contributed by atoms with E-state index in [-0.39, 0.29) is 6.03 Å². The Morgan fingerprint density at radius 2 is 2.27 bits per heavy atom. The number of aliphatic hydroxyl groups is 1. The van der Waals surface area contributed by atoms with Gasteiger partial charge < -0.3 is 25.0 Å². The monoisotopic (exact) mass is 305 g/mol. The summed E-state index contributed by atoms with van der Waals surface area (Å²) in [5.74, 6) is 0.825. The molecule has 0 aliphatic carbocycles. The van der Waals surface area contributed by atoms with Crippen LogP contribution in [0, 0.1) is 0 Å². The number of hydrogen-bond donors (Lipinski definition) is 3. The Morgan fingerprint density at radius 3 is 2.95 bits per heavy atom. The SMILES string of the molecule is COc1cccc2[nH]cc(CCNC(=O)N(C)CC(C)O)c12. The van der Waals surface area contributed by atoms with Gasteiger partial charge in [-0.1, -0.05) is 6.07 Å². The number of urea groups is 1. The minimum absolute atomic E-state index is 0.187. The highest BCUT2D eigenvalue weighted by Gasteiger charge is 2.12. The number of aliphatic hydroxyl groups excluding tert-OH is 1. The Balaban J connectivity index is 1.96. The molecule has 0 fully saturated rings. The van der Waals surface area contributed by atoms with E-state index in [1.165, 1.54) is 4.90 Å². The van der Waals surface area contributed by atoms with Crippen molar-refractivity contribution in [2.75, 3.05) is 27.2 Å². The van der Waals surface area contributed by atoms with Crippen LogP contribution in [-0.2, 0) is 6.42 Å². The van der Waals surface area contributed by atoms with Gasteiger partial charge in [0.1, 0.15) is 5.75 Å². The average Bonchev–Trinajstić information content (AvgIpc) is 2.89. The number of amides is 2. The Labute approximate surface area is 130 Å². The largest absolute Gasteiger partial charge is 0.496 e. The van der Waals surface area contributed by atoms with Crippen LogP contribution in [0.15, 0.2) is 24.4 Å². The number of H-pyrrole nitrogens is 1. The number of hydrogen-bond acceptors (Lipinski definition) is 3. The number of ether oxygens (including phenoxy) is 1. The van der Waals surface area contributed by atoms with Crippen LogP contribution in [0.25, 0.3) is 10.9 Å². The predicted octanol–water partition coefficient (Wildman–Crippen LogP) is 1.74. The van der Waals surface area contributed by atoms with Gasteiger partial charge in [0.25, 0.3) is 0 Å². The molecule has 1 unspecified atom stereocenters. The number of likely N-dealkylation sites (N-methyl/N-ethyl adjacent to an activating group) is 1. The van der Waals surface area contributed by atoms with Gasteiger partial charge in [-0.3, -0.25) is 0 Å².